The van der Waals surface area contributed by atoms with Crippen molar-refractivity contribution in [3.8, 4) is 0 Å². The molecule has 154 valence electrons. The van der Waals surface area contributed by atoms with Crippen molar-refractivity contribution >= 4 is 33.7 Å². The number of sulfonamides is 1. The van der Waals surface area contributed by atoms with Crippen LogP contribution >= 0.6 is 0 Å². The Balaban J connectivity index is 1.75. The van der Waals surface area contributed by atoms with Gasteiger partial charge in [-0.3, -0.25) is 9.59 Å². The molecular weight excluding hydrogens is 392 g/mol. The Labute approximate surface area is 170 Å². The maximum atomic E-state index is 12.0. The zero-order valence-electron chi connectivity index (χ0n) is 16.3. The summed E-state index contributed by atoms with van der Waals surface area (Å²) in [5.74, 6) is -1.14. The normalized spacial score (nSPS) is 12.5. The predicted molar refractivity (Wildman–Crippen MR) is 112 cm³/mol. The van der Waals surface area contributed by atoms with Crippen molar-refractivity contribution in [2.45, 2.75) is 26.4 Å². The van der Waals surface area contributed by atoms with E-state index in [4.69, 9.17) is 4.74 Å². The number of benzene rings is 2. The molecule has 0 spiro atoms. The number of hydrogen-bond donors (Lipinski definition) is 2. The summed E-state index contributed by atoms with van der Waals surface area (Å²) in [6.45, 7) is 3.26. The quantitative estimate of drug-likeness (QED) is 0.612. The van der Waals surface area contributed by atoms with E-state index < -0.39 is 28.0 Å². The van der Waals surface area contributed by atoms with Crippen molar-refractivity contribution in [2.75, 3.05) is 11.9 Å². The number of rotatable bonds is 9. The van der Waals surface area contributed by atoms with Gasteiger partial charge in [-0.2, -0.15) is 0 Å². The van der Waals surface area contributed by atoms with Crippen LogP contribution in [-0.2, 0) is 24.3 Å². The summed E-state index contributed by atoms with van der Waals surface area (Å²) in [4.78, 5) is 23.9. The van der Waals surface area contributed by atoms with Gasteiger partial charge >= 0.3 is 5.97 Å². The highest BCUT2D eigenvalue weighted by Gasteiger charge is 2.18. The molecule has 0 unspecified atom stereocenters. The lowest BCUT2D eigenvalue weighted by Crippen LogP contribution is -2.31. The monoisotopic (exact) mass is 416 g/mol. The average molecular weight is 416 g/mol. The van der Waals surface area contributed by atoms with Crippen LogP contribution in [0.1, 0.15) is 24.5 Å². The van der Waals surface area contributed by atoms with Gasteiger partial charge in [0.25, 0.3) is 5.91 Å². The molecule has 0 bridgehead atoms. The molecule has 0 saturated carbocycles. The van der Waals surface area contributed by atoms with Gasteiger partial charge in [0.05, 0.1) is 6.42 Å². The Morgan fingerprint density at radius 3 is 2.38 bits per heavy atom. The van der Waals surface area contributed by atoms with Gasteiger partial charge in [-0.05, 0) is 37.6 Å². The lowest BCUT2D eigenvalue weighted by molar-refractivity contribution is -0.152. The molecule has 2 aromatic carbocycles. The van der Waals surface area contributed by atoms with Crippen molar-refractivity contribution in [1.82, 2.24) is 4.72 Å². The van der Waals surface area contributed by atoms with Crippen LogP contribution in [0.15, 0.2) is 60.0 Å². The fraction of sp³-hybridized carbons (Fsp3) is 0.238. The molecule has 0 saturated heterocycles. The van der Waals surface area contributed by atoms with Crippen molar-refractivity contribution in [3.05, 3.63) is 71.1 Å². The Morgan fingerprint density at radius 1 is 1.07 bits per heavy atom. The molecule has 8 heteroatoms. The van der Waals surface area contributed by atoms with Crippen molar-refractivity contribution in [1.29, 1.82) is 0 Å². The number of anilines is 1. The van der Waals surface area contributed by atoms with E-state index in [1.54, 1.807) is 36.4 Å². The van der Waals surface area contributed by atoms with Crippen molar-refractivity contribution in [3.63, 3.8) is 0 Å². The van der Waals surface area contributed by atoms with E-state index in [2.05, 4.69) is 10.0 Å². The second-order valence-corrected chi connectivity index (χ2v) is 8.04. The topological polar surface area (TPSA) is 102 Å². The van der Waals surface area contributed by atoms with E-state index in [1.165, 1.54) is 13.0 Å². The van der Waals surface area contributed by atoms with E-state index in [0.717, 1.165) is 16.5 Å². The second-order valence-electron chi connectivity index (χ2n) is 6.39. The van der Waals surface area contributed by atoms with Crippen LogP contribution in [0, 0.1) is 6.92 Å². The molecule has 0 heterocycles. The SMILES string of the molecule is Cc1ccc(/C=C/S(=O)(=O)NCCC(=O)O[C@@H](C)C(=O)Nc2ccccc2)cc1. The van der Waals surface area contributed by atoms with Gasteiger partial charge in [0, 0.05) is 17.6 Å². The van der Waals surface area contributed by atoms with Crippen LogP contribution in [0.2, 0.25) is 0 Å². The molecule has 29 heavy (non-hydrogen) atoms. The summed E-state index contributed by atoms with van der Waals surface area (Å²) < 4.78 is 31.3. The van der Waals surface area contributed by atoms with E-state index in [-0.39, 0.29) is 13.0 Å². The van der Waals surface area contributed by atoms with Gasteiger partial charge in [0.2, 0.25) is 10.0 Å². The standard InChI is InChI=1S/C21H24N2O5S/c1-16-8-10-18(11-9-16)13-15-29(26,27)22-14-12-20(24)28-17(2)21(25)23-19-6-4-3-5-7-19/h3-11,13,15,17,22H,12,14H2,1-2H3,(H,23,25)/b15-13+/t17-/m0/s1. The maximum Gasteiger partial charge on any atom is 0.307 e. The fourth-order valence-corrected chi connectivity index (χ4v) is 3.08. The van der Waals surface area contributed by atoms with Crippen LogP contribution in [-0.4, -0.2) is 32.9 Å². The van der Waals surface area contributed by atoms with Crippen molar-refractivity contribution in [2.24, 2.45) is 0 Å². The van der Waals surface area contributed by atoms with E-state index >= 15 is 0 Å². The second kappa shape index (κ2) is 10.5. The average Bonchev–Trinajstić information content (AvgIpc) is 2.68. The molecule has 7 nitrogen and oxygen atoms in total. The van der Waals surface area contributed by atoms with E-state index in [1.807, 2.05) is 25.1 Å². The zero-order chi connectivity index (χ0) is 21.3. The Kier molecular flexibility index (Phi) is 8.11. The minimum Gasteiger partial charge on any atom is -0.452 e. The molecule has 0 aliphatic carbocycles. The third-order valence-electron chi connectivity index (χ3n) is 3.87. The van der Waals surface area contributed by atoms with E-state index in [9.17, 15) is 18.0 Å². The molecule has 0 aromatic heterocycles. The molecule has 1 atom stereocenters. The smallest absolute Gasteiger partial charge is 0.307 e. The molecular formula is C21H24N2O5S. The predicted octanol–water partition coefficient (Wildman–Crippen LogP) is 2.85. The lowest BCUT2D eigenvalue weighted by atomic mass is 10.2. The summed E-state index contributed by atoms with van der Waals surface area (Å²) in [5.41, 5.74) is 2.42. The Morgan fingerprint density at radius 2 is 1.72 bits per heavy atom. The van der Waals surface area contributed by atoms with Crippen LogP contribution < -0.4 is 10.0 Å². The minimum atomic E-state index is -3.69. The molecule has 1 amide bonds. The first kappa shape index (κ1) is 22.3. The van der Waals surface area contributed by atoms with E-state index in [0.29, 0.717) is 5.69 Å². The van der Waals surface area contributed by atoms with Gasteiger partial charge in [0.1, 0.15) is 0 Å². The van der Waals surface area contributed by atoms with Gasteiger partial charge in [-0.1, -0.05) is 48.0 Å². The molecule has 0 aliphatic heterocycles. The number of nitrogens with one attached hydrogen (secondary N) is 2. The summed E-state index contributed by atoms with van der Waals surface area (Å²) in [7, 11) is -3.69. The number of carbonyl (C=O) groups excluding carboxylic acids is 2. The summed E-state index contributed by atoms with van der Waals surface area (Å²) in [6, 6.07) is 16.2. The summed E-state index contributed by atoms with van der Waals surface area (Å²) in [5, 5.41) is 3.67. The van der Waals surface area contributed by atoms with Gasteiger partial charge in [-0.15, -0.1) is 0 Å². The number of amides is 1. The summed E-state index contributed by atoms with van der Waals surface area (Å²) >= 11 is 0. The Bertz CT molecular complexity index is 954. The molecule has 2 aromatic rings. The third kappa shape index (κ3) is 8.28. The number of hydrogen-bond acceptors (Lipinski definition) is 5. The highest BCUT2D eigenvalue weighted by atomic mass is 32.2. The molecule has 0 fully saturated rings. The fourth-order valence-electron chi connectivity index (χ4n) is 2.26. The number of ether oxygens (including phenoxy) is 1. The zero-order valence-corrected chi connectivity index (χ0v) is 17.1. The maximum absolute atomic E-state index is 12.0. The van der Waals surface area contributed by atoms with Gasteiger partial charge in [0.15, 0.2) is 6.10 Å². The third-order valence-corrected chi connectivity index (χ3v) is 4.97. The van der Waals surface area contributed by atoms with Gasteiger partial charge < -0.3 is 10.1 Å². The van der Waals surface area contributed by atoms with Crippen LogP contribution in [0.3, 0.4) is 0 Å². The highest BCUT2D eigenvalue weighted by Crippen LogP contribution is 2.08. The van der Waals surface area contributed by atoms with Crippen LogP contribution in [0.5, 0.6) is 0 Å². The first-order valence-corrected chi connectivity index (χ1v) is 10.6. The molecule has 0 aliphatic rings. The molecule has 2 rings (SSSR count). The number of para-hydroxylation sites is 1. The largest absolute Gasteiger partial charge is 0.452 e. The van der Waals surface area contributed by atoms with Crippen LogP contribution in [0.4, 0.5) is 5.69 Å². The molecule has 0 radical (unpaired) electrons. The number of esters is 1. The summed E-state index contributed by atoms with van der Waals surface area (Å²) in [6.07, 6.45) is 0.275. The number of carbonyl (C=O) groups is 2. The number of aryl methyl sites for hydroxylation is 1. The lowest BCUT2D eigenvalue weighted by Gasteiger charge is -2.13. The minimum absolute atomic E-state index is 0.133. The van der Waals surface area contributed by atoms with Gasteiger partial charge in [-0.25, -0.2) is 13.1 Å². The first-order chi connectivity index (χ1) is 13.7. The Hall–Kier alpha value is -2.97. The molecule has 2 N–H and O–H groups in total. The van der Waals surface area contributed by atoms with Crippen molar-refractivity contribution < 1.29 is 22.7 Å². The highest BCUT2D eigenvalue weighted by molar-refractivity contribution is 7.92. The first-order valence-electron chi connectivity index (χ1n) is 9.05. The van der Waals surface area contributed by atoms with Crippen LogP contribution in [0.25, 0.3) is 6.08 Å².